The summed E-state index contributed by atoms with van der Waals surface area (Å²) in [4.78, 5) is 43.8. The number of ether oxygens (including phenoxy) is 2. The second-order valence-electron chi connectivity index (χ2n) is 9.65. The van der Waals surface area contributed by atoms with E-state index in [0.717, 1.165) is 24.2 Å². The van der Waals surface area contributed by atoms with Gasteiger partial charge in [-0.05, 0) is 49.6 Å². The van der Waals surface area contributed by atoms with E-state index in [0.29, 0.717) is 29.8 Å². The number of para-hydroxylation sites is 1. The van der Waals surface area contributed by atoms with Gasteiger partial charge in [-0.15, -0.1) is 0 Å². The Hall–Kier alpha value is -3.65. The van der Waals surface area contributed by atoms with E-state index in [1.807, 2.05) is 6.92 Å². The van der Waals surface area contributed by atoms with Crippen molar-refractivity contribution in [1.29, 1.82) is 0 Å². The van der Waals surface area contributed by atoms with Gasteiger partial charge in [0.15, 0.2) is 5.54 Å². The molecule has 4 heterocycles. The largest absolute Gasteiger partial charge is 0.507 e. The van der Waals surface area contributed by atoms with Gasteiger partial charge >= 0.3 is 0 Å². The van der Waals surface area contributed by atoms with Crippen molar-refractivity contribution < 1.29 is 29.0 Å². The average molecular weight is 475 g/mol. The van der Waals surface area contributed by atoms with Gasteiger partial charge in [-0.1, -0.05) is 18.2 Å². The molecule has 0 aliphatic carbocycles. The van der Waals surface area contributed by atoms with Crippen molar-refractivity contribution in [3.63, 3.8) is 0 Å². The third-order valence-corrected chi connectivity index (χ3v) is 7.52. The van der Waals surface area contributed by atoms with E-state index in [-0.39, 0.29) is 30.1 Å². The Kier molecular flexibility index (Phi) is 4.79. The maximum absolute atomic E-state index is 14.0. The summed E-state index contributed by atoms with van der Waals surface area (Å²) in [6.45, 7) is 2.62. The van der Waals surface area contributed by atoms with Crippen LogP contribution in [0, 0.1) is 0 Å². The number of ketones is 1. The molecule has 1 N–H and O–H groups in total. The maximum Gasteiger partial charge on any atom is 0.296 e. The maximum atomic E-state index is 14.0. The summed E-state index contributed by atoms with van der Waals surface area (Å²) < 4.78 is 11.5. The fourth-order valence-corrected chi connectivity index (χ4v) is 5.93. The summed E-state index contributed by atoms with van der Waals surface area (Å²) in [7, 11) is 1.62. The third kappa shape index (κ3) is 2.92. The van der Waals surface area contributed by atoms with Gasteiger partial charge in [0.05, 0.1) is 11.7 Å². The van der Waals surface area contributed by atoms with Crippen LogP contribution in [0.3, 0.4) is 0 Å². The smallest absolute Gasteiger partial charge is 0.296 e. The molecule has 0 unspecified atom stereocenters. The van der Waals surface area contributed by atoms with Gasteiger partial charge in [0.25, 0.3) is 17.6 Å². The molecule has 3 atom stereocenters. The molecule has 0 saturated carbocycles. The standard InChI is InChI=1S/C27H26N2O6/c1-15-12-17-13-16(9-10-21(17)35-15)23(30)22-24(31)25(32)29(14-18-6-5-11-34-18)27(22)19-7-3-4-8-20(19)28(2)26(27)33/h3-4,7-10,13,15,18,30H,5-6,11-12,14H2,1-2H3/t15-,18-,27+/m0/s1. The summed E-state index contributed by atoms with van der Waals surface area (Å²) >= 11 is 0. The topological polar surface area (TPSA) is 96.4 Å². The Morgan fingerprint density at radius 2 is 1.97 bits per heavy atom. The number of carbonyl (C=O) groups excluding carboxylic acids is 3. The average Bonchev–Trinajstić information content (AvgIpc) is 3.59. The Labute approximate surface area is 202 Å². The third-order valence-electron chi connectivity index (χ3n) is 7.52. The number of amides is 2. The van der Waals surface area contributed by atoms with Gasteiger partial charge in [-0.2, -0.15) is 0 Å². The number of fused-ring (bicyclic) bond motifs is 3. The number of rotatable bonds is 3. The molecule has 180 valence electrons. The highest BCUT2D eigenvalue weighted by molar-refractivity contribution is 6.50. The Balaban J connectivity index is 1.59. The van der Waals surface area contributed by atoms with E-state index in [2.05, 4.69) is 0 Å². The molecule has 2 amide bonds. The Bertz CT molecular complexity index is 1310. The van der Waals surface area contributed by atoms with Crippen LogP contribution in [0.2, 0.25) is 0 Å². The first-order valence-corrected chi connectivity index (χ1v) is 11.9. The highest BCUT2D eigenvalue weighted by atomic mass is 16.5. The molecule has 0 bridgehead atoms. The number of benzene rings is 2. The van der Waals surface area contributed by atoms with Crippen LogP contribution in [-0.4, -0.2) is 60.0 Å². The van der Waals surface area contributed by atoms with E-state index >= 15 is 0 Å². The lowest BCUT2D eigenvalue weighted by atomic mass is 9.81. The van der Waals surface area contributed by atoms with Gasteiger partial charge in [0, 0.05) is 43.4 Å². The minimum atomic E-state index is -1.75. The molecular formula is C27H26N2O6. The molecule has 6 rings (SSSR count). The molecule has 8 nitrogen and oxygen atoms in total. The minimum absolute atomic E-state index is 0.00918. The zero-order chi connectivity index (χ0) is 24.5. The molecule has 2 aromatic carbocycles. The molecule has 4 aliphatic heterocycles. The number of aliphatic hydroxyl groups is 1. The molecule has 0 radical (unpaired) electrons. The minimum Gasteiger partial charge on any atom is -0.507 e. The zero-order valence-corrected chi connectivity index (χ0v) is 19.6. The van der Waals surface area contributed by atoms with E-state index in [1.165, 1.54) is 9.80 Å². The summed E-state index contributed by atoms with van der Waals surface area (Å²) in [5.74, 6) is -1.76. The van der Waals surface area contributed by atoms with Crippen molar-refractivity contribution in [2.75, 3.05) is 25.1 Å². The van der Waals surface area contributed by atoms with Crippen LogP contribution in [0.4, 0.5) is 5.69 Å². The van der Waals surface area contributed by atoms with Crippen LogP contribution in [0.1, 0.15) is 36.5 Å². The second-order valence-corrected chi connectivity index (χ2v) is 9.65. The van der Waals surface area contributed by atoms with Crippen molar-refractivity contribution in [3.05, 3.63) is 64.7 Å². The number of hydrogen-bond acceptors (Lipinski definition) is 6. The normalized spacial score (nSPS) is 28.7. The number of likely N-dealkylation sites (N-methyl/N-ethyl adjacent to an activating group) is 1. The lowest BCUT2D eigenvalue weighted by Gasteiger charge is -2.35. The summed E-state index contributed by atoms with van der Waals surface area (Å²) in [5.41, 5.74) is 0.422. The number of aliphatic hydroxyl groups excluding tert-OH is 1. The van der Waals surface area contributed by atoms with Crippen LogP contribution in [0.5, 0.6) is 5.75 Å². The van der Waals surface area contributed by atoms with E-state index in [9.17, 15) is 19.5 Å². The number of carbonyl (C=O) groups is 3. The fourth-order valence-electron chi connectivity index (χ4n) is 5.93. The molecular weight excluding hydrogens is 448 g/mol. The van der Waals surface area contributed by atoms with Crippen LogP contribution in [0.15, 0.2) is 48.0 Å². The quantitative estimate of drug-likeness (QED) is 0.418. The van der Waals surface area contributed by atoms with Crippen LogP contribution in [0.25, 0.3) is 5.76 Å². The van der Waals surface area contributed by atoms with Crippen molar-refractivity contribution >= 4 is 29.0 Å². The highest BCUT2D eigenvalue weighted by Gasteiger charge is 2.67. The fraction of sp³-hybridized carbons (Fsp3) is 0.370. The summed E-state index contributed by atoms with van der Waals surface area (Å²) in [5, 5.41) is 11.6. The van der Waals surface area contributed by atoms with Crippen molar-refractivity contribution in [1.82, 2.24) is 4.90 Å². The number of likely N-dealkylation sites (tertiary alicyclic amines) is 1. The van der Waals surface area contributed by atoms with Gasteiger partial charge in [0.2, 0.25) is 0 Å². The van der Waals surface area contributed by atoms with E-state index < -0.39 is 23.1 Å². The monoisotopic (exact) mass is 474 g/mol. The SMILES string of the molecule is C[C@H]1Cc2cc(C(O)=C3C(=O)C(=O)N(C[C@@H]4CCCO4)[C@@]34C(=O)N(C)c3ccccc34)ccc2O1. The van der Waals surface area contributed by atoms with Gasteiger partial charge < -0.3 is 24.4 Å². The molecule has 0 aromatic heterocycles. The molecule has 4 aliphatic rings. The lowest BCUT2D eigenvalue weighted by Crippen LogP contribution is -2.53. The molecule has 2 saturated heterocycles. The van der Waals surface area contributed by atoms with Crippen molar-refractivity contribution in [2.24, 2.45) is 0 Å². The number of nitrogens with zero attached hydrogens (tertiary/aromatic N) is 2. The van der Waals surface area contributed by atoms with Gasteiger partial charge in [-0.25, -0.2) is 0 Å². The van der Waals surface area contributed by atoms with E-state index in [4.69, 9.17) is 9.47 Å². The molecule has 35 heavy (non-hydrogen) atoms. The molecule has 2 fully saturated rings. The number of anilines is 1. The highest BCUT2D eigenvalue weighted by Crippen LogP contribution is 2.53. The Morgan fingerprint density at radius 3 is 2.74 bits per heavy atom. The predicted molar refractivity (Wildman–Crippen MR) is 127 cm³/mol. The summed E-state index contributed by atoms with van der Waals surface area (Å²) in [6, 6.07) is 12.3. The molecule has 8 heteroatoms. The molecule has 1 spiro atoms. The van der Waals surface area contributed by atoms with Crippen LogP contribution >= 0.6 is 0 Å². The second kappa shape index (κ2) is 7.68. The van der Waals surface area contributed by atoms with E-state index in [1.54, 1.807) is 49.5 Å². The lowest BCUT2D eigenvalue weighted by molar-refractivity contribution is -0.145. The number of hydrogen-bond donors (Lipinski definition) is 1. The first-order chi connectivity index (χ1) is 16.8. The van der Waals surface area contributed by atoms with Gasteiger partial charge in [0.1, 0.15) is 17.6 Å². The Morgan fingerprint density at radius 1 is 1.17 bits per heavy atom. The summed E-state index contributed by atoms with van der Waals surface area (Å²) in [6.07, 6.45) is 1.97. The first-order valence-electron chi connectivity index (χ1n) is 11.9. The first kappa shape index (κ1) is 21.9. The predicted octanol–water partition coefficient (Wildman–Crippen LogP) is 2.74. The van der Waals surface area contributed by atoms with Gasteiger partial charge in [-0.3, -0.25) is 14.4 Å². The zero-order valence-electron chi connectivity index (χ0n) is 19.6. The van der Waals surface area contributed by atoms with Crippen molar-refractivity contribution in [2.45, 2.75) is 43.9 Å². The van der Waals surface area contributed by atoms with Crippen LogP contribution < -0.4 is 9.64 Å². The number of Topliss-reactive ketones (excluding diaryl/α,β-unsaturated/α-hetero) is 1. The van der Waals surface area contributed by atoms with Crippen LogP contribution in [-0.2, 0) is 31.1 Å². The van der Waals surface area contributed by atoms with Crippen molar-refractivity contribution in [3.8, 4) is 5.75 Å². The molecule has 2 aromatic rings.